The third-order valence-electron chi connectivity index (χ3n) is 6.07. The molecule has 0 bridgehead atoms. The fourth-order valence-corrected chi connectivity index (χ4v) is 4.88. The van der Waals surface area contributed by atoms with Crippen LogP contribution in [-0.4, -0.2) is 37.2 Å². The molecule has 2 atom stereocenters. The summed E-state index contributed by atoms with van der Waals surface area (Å²) in [6.07, 6.45) is 8.19. The van der Waals surface area contributed by atoms with Crippen LogP contribution in [0.25, 0.3) is 0 Å². The van der Waals surface area contributed by atoms with E-state index in [9.17, 15) is 8.76 Å². The van der Waals surface area contributed by atoms with Gasteiger partial charge < -0.3 is 9.87 Å². The van der Waals surface area contributed by atoms with E-state index < -0.39 is 11.1 Å². The molecule has 1 N–H and O–H groups in total. The molecule has 168 valence electrons. The quantitative estimate of drug-likeness (QED) is 0.614. The van der Waals surface area contributed by atoms with Gasteiger partial charge in [-0.3, -0.25) is 19.1 Å². The van der Waals surface area contributed by atoms with Crippen molar-refractivity contribution in [3.8, 4) is 0 Å². The lowest BCUT2D eigenvalue weighted by Crippen LogP contribution is -2.28. The maximum absolute atomic E-state index is 11.1. The minimum Gasteiger partial charge on any atom is -0.768 e. The molecule has 0 saturated heterocycles. The summed E-state index contributed by atoms with van der Waals surface area (Å²) in [5.74, 6) is 0. The topological polar surface area (TPSA) is 81.2 Å². The molecule has 2 unspecified atom stereocenters. The highest BCUT2D eigenvalue weighted by Gasteiger charge is 2.24. The monoisotopic (exact) mass is 449 g/mol. The molecule has 7 heteroatoms. The highest BCUT2D eigenvalue weighted by Crippen LogP contribution is 2.32. The standard InChI is InChI=1S/C17H20N2O2S.C8H10N2/c1-19(12-13-5-2-8-15(11-13)22(20)21)16-9-3-6-14-7-4-10-18-17(14)16;1-2-7-3-5-9-6-8(7)10-4-1/h2,4-5,7-8,10-11,16H,3,6,9,12H2,1H3,(H,20,21);1-2,4,9H,3,5-6H2/p-1. The molecular weight excluding hydrogens is 420 g/mol. The van der Waals surface area contributed by atoms with Gasteiger partial charge in [0.2, 0.25) is 0 Å². The Morgan fingerprint density at radius 2 is 1.91 bits per heavy atom. The van der Waals surface area contributed by atoms with Crippen molar-refractivity contribution in [2.75, 3.05) is 13.6 Å². The van der Waals surface area contributed by atoms with Crippen molar-refractivity contribution < 1.29 is 8.76 Å². The molecule has 0 fully saturated rings. The van der Waals surface area contributed by atoms with Crippen molar-refractivity contribution in [1.29, 1.82) is 0 Å². The predicted molar refractivity (Wildman–Crippen MR) is 125 cm³/mol. The Morgan fingerprint density at radius 3 is 2.72 bits per heavy atom. The first-order chi connectivity index (χ1) is 15.6. The van der Waals surface area contributed by atoms with Gasteiger partial charge in [-0.25, -0.2) is 0 Å². The van der Waals surface area contributed by atoms with E-state index in [1.807, 2.05) is 30.6 Å². The Labute approximate surface area is 192 Å². The average molecular weight is 450 g/mol. The smallest absolute Gasteiger partial charge is 0.0607 e. The van der Waals surface area contributed by atoms with Crippen molar-refractivity contribution in [3.05, 3.63) is 89.0 Å². The molecule has 2 aromatic heterocycles. The minimum absolute atomic E-state index is 0.298. The molecule has 5 rings (SSSR count). The molecular formula is C25H29N4O2S-. The summed E-state index contributed by atoms with van der Waals surface area (Å²) >= 11 is -2.18. The Bertz CT molecular complexity index is 1050. The van der Waals surface area contributed by atoms with Crippen LogP contribution in [0.15, 0.2) is 65.8 Å². The number of fused-ring (bicyclic) bond motifs is 2. The van der Waals surface area contributed by atoms with Crippen LogP contribution < -0.4 is 5.32 Å². The fraction of sp³-hybridized carbons (Fsp3) is 0.360. The molecule has 32 heavy (non-hydrogen) atoms. The number of aryl methyl sites for hydroxylation is 1. The summed E-state index contributed by atoms with van der Waals surface area (Å²) < 4.78 is 22.2. The first-order valence-electron chi connectivity index (χ1n) is 11.1. The Morgan fingerprint density at radius 1 is 1.09 bits per heavy atom. The zero-order valence-corrected chi connectivity index (χ0v) is 19.2. The van der Waals surface area contributed by atoms with Gasteiger partial charge in [0.15, 0.2) is 0 Å². The number of nitrogens with one attached hydrogen (secondary N) is 1. The second-order valence-corrected chi connectivity index (χ2v) is 9.23. The van der Waals surface area contributed by atoms with E-state index >= 15 is 0 Å². The van der Waals surface area contributed by atoms with Gasteiger partial charge in [-0.2, -0.15) is 0 Å². The van der Waals surface area contributed by atoms with Crippen molar-refractivity contribution >= 4 is 11.1 Å². The molecule has 0 spiro atoms. The van der Waals surface area contributed by atoms with Crippen LogP contribution in [0.4, 0.5) is 0 Å². The van der Waals surface area contributed by atoms with Crippen molar-refractivity contribution in [2.24, 2.45) is 0 Å². The van der Waals surface area contributed by atoms with Gasteiger partial charge in [-0.05, 0) is 91.3 Å². The summed E-state index contributed by atoms with van der Waals surface area (Å²) in [7, 11) is 2.08. The maximum Gasteiger partial charge on any atom is 0.0607 e. The zero-order valence-electron chi connectivity index (χ0n) is 18.4. The van der Waals surface area contributed by atoms with Gasteiger partial charge in [0.1, 0.15) is 0 Å². The van der Waals surface area contributed by atoms with Crippen LogP contribution in [0.1, 0.15) is 47.0 Å². The van der Waals surface area contributed by atoms with Crippen LogP contribution in [0.3, 0.4) is 0 Å². The Hall–Kier alpha value is -2.45. The predicted octanol–water partition coefficient (Wildman–Crippen LogP) is 3.56. The number of aromatic nitrogens is 2. The number of pyridine rings is 2. The molecule has 1 aromatic carbocycles. The van der Waals surface area contributed by atoms with E-state index in [0.29, 0.717) is 17.5 Å². The van der Waals surface area contributed by atoms with Crippen LogP contribution >= 0.6 is 0 Å². The number of benzene rings is 1. The first-order valence-corrected chi connectivity index (χ1v) is 12.1. The van der Waals surface area contributed by atoms with Crippen LogP contribution in [0.5, 0.6) is 0 Å². The molecule has 2 aliphatic rings. The molecule has 0 saturated carbocycles. The summed E-state index contributed by atoms with van der Waals surface area (Å²) in [6, 6.07) is 15.7. The molecule has 0 amide bonds. The van der Waals surface area contributed by atoms with Gasteiger partial charge >= 0.3 is 0 Å². The van der Waals surface area contributed by atoms with E-state index in [0.717, 1.165) is 44.3 Å². The van der Waals surface area contributed by atoms with Crippen molar-refractivity contribution in [3.63, 3.8) is 0 Å². The molecule has 0 radical (unpaired) electrons. The van der Waals surface area contributed by atoms with Gasteiger partial charge in [-0.1, -0.05) is 24.3 Å². The van der Waals surface area contributed by atoms with E-state index in [-0.39, 0.29) is 0 Å². The lowest BCUT2D eigenvalue weighted by atomic mass is 9.91. The molecule has 1 aliphatic heterocycles. The normalized spacial score (nSPS) is 18.2. The summed E-state index contributed by atoms with van der Waals surface area (Å²) in [5.41, 5.74) is 6.13. The number of hydrogen-bond acceptors (Lipinski definition) is 6. The fourth-order valence-electron chi connectivity index (χ4n) is 4.45. The van der Waals surface area contributed by atoms with Crippen LogP contribution in [-0.2, 0) is 37.0 Å². The number of rotatable bonds is 4. The third-order valence-corrected chi connectivity index (χ3v) is 6.71. The van der Waals surface area contributed by atoms with E-state index in [1.165, 1.54) is 22.5 Å². The summed E-state index contributed by atoms with van der Waals surface area (Å²) in [5, 5.41) is 3.28. The Kier molecular flexibility index (Phi) is 7.76. The molecule has 1 aliphatic carbocycles. The van der Waals surface area contributed by atoms with Gasteiger partial charge in [0.05, 0.1) is 17.4 Å². The second-order valence-electron chi connectivity index (χ2n) is 8.29. The average Bonchev–Trinajstić information content (AvgIpc) is 2.84. The highest BCUT2D eigenvalue weighted by molar-refractivity contribution is 7.79. The molecule has 6 nitrogen and oxygen atoms in total. The van der Waals surface area contributed by atoms with Gasteiger partial charge in [-0.15, -0.1) is 0 Å². The lowest BCUT2D eigenvalue weighted by molar-refractivity contribution is 0.208. The van der Waals surface area contributed by atoms with E-state index in [2.05, 4.69) is 39.4 Å². The third kappa shape index (κ3) is 5.66. The highest BCUT2D eigenvalue weighted by atomic mass is 32.2. The number of hydrogen-bond donors (Lipinski definition) is 1. The first kappa shape index (κ1) is 22.7. The largest absolute Gasteiger partial charge is 0.768 e. The summed E-state index contributed by atoms with van der Waals surface area (Å²) in [4.78, 5) is 11.4. The van der Waals surface area contributed by atoms with Crippen LogP contribution in [0, 0.1) is 0 Å². The molecule has 3 heterocycles. The van der Waals surface area contributed by atoms with Gasteiger partial charge in [0, 0.05) is 30.4 Å². The van der Waals surface area contributed by atoms with Crippen molar-refractivity contribution in [2.45, 2.75) is 49.7 Å². The summed E-state index contributed by atoms with van der Waals surface area (Å²) in [6.45, 7) is 2.75. The van der Waals surface area contributed by atoms with Crippen LogP contribution in [0.2, 0.25) is 0 Å². The van der Waals surface area contributed by atoms with E-state index in [1.54, 1.807) is 18.2 Å². The second kappa shape index (κ2) is 10.9. The maximum atomic E-state index is 11.1. The van der Waals surface area contributed by atoms with E-state index in [4.69, 9.17) is 0 Å². The van der Waals surface area contributed by atoms with Crippen molar-refractivity contribution in [1.82, 2.24) is 20.2 Å². The minimum atomic E-state index is -2.18. The number of nitrogens with zero attached hydrogens (tertiary/aromatic N) is 3. The SMILES string of the molecule is CN(Cc1cccc(S(=O)[O-])c1)C1CCCc2cccnc21.c1cnc2c(c1)CCNC2. The zero-order chi connectivity index (χ0) is 22.3. The van der Waals surface area contributed by atoms with Gasteiger partial charge in [0.25, 0.3) is 0 Å². The Balaban J connectivity index is 0.000000203. The molecule has 3 aromatic rings. The lowest BCUT2D eigenvalue weighted by Gasteiger charge is -2.32.